The third kappa shape index (κ3) is 3.83. The Labute approximate surface area is 132 Å². The first-order chi connectivity index (χ1) is 10.1. The molecule has 0 unspecified atom stereocenters. The summed E-state index contributed by atoms with van der Waals surface area (Å²) in [6.07, 6.45) is 2.46. The van der Waals surface area contributed by atoms with Gasteiger partial charge in [-0.2, -0.15) is 0 Å². The van der Waals surface area contributed by atoms with Crippen LogP contribution in [0.15, 0.2) is 40.9 Å². The minimum atomic E-state index is -0.329. The molecule has 0 bridgehead atoms. The molecule has 0 heterocycles. The van der Waals surface area contributed by atoms with Gasteiger partial charge in [-0.15, -0.1) is 0 Å². The number of hydrogen-bond acceptors (Lipinski definition) is 2. The Morgan fingerprint density at radius 2 is 2.00 bits per heavy atom. The summed E-state index contributed by atoms with van der Waals surface area (Å²) in [4.78, 5) is 0. The third-order valence-corrected chi connectivity index (χ3v) is 4.03. The molecule has 0 aliphatic heterocycles. The van der Waals surface area contributed by atoms with Gasteiger partial charge >= 0.3 is 0 Å². The van der Waals surface area contributed by atoms with Crippen LogP contribution in [0.3, 0.4) is 0 Å². The minimum Gasteiger partial charge on any atom is -0.454 e. The van der Waals surface area contributed by atoms with Gasteiger partial charge in [0.1, 0.15) is 5.75 Å². The number of rotatable bonds is 5. The summed E-state index contributed by atoms with van der Waals surface area (Å²) in [7, 11) is 0. The van der Waals surface area contributed by atoms with Crippen molar-refractivity contribution in [2.24, 2.45) is 0 Å². The van der Waals surface area contributed by atoms with E-state index in [1.54, 1.807) is 6.07 Å². The zero-order chi connectivity index (χ0) is 14.8. The van der Waals surface area contributed by atoms with Crippen molar-refractivity contribution in [3.8, 4) is 11.5 Å². The molecule has 2 aromatic carbocycles. The Kier molecular flexibility index (Phi) is 4.27. The van der Waals surface area contributed by atoms with Gasteiger partial charge in [-0.05, 0) is 55.2 Å². The Morgan fingerprint density at radius 3 is 2.71 bits per heavy atom. The number of benzene rings is 2. The quantitative estimate of drug-likeness (QED) is 0.825. The van der Waals surface area contributed by atoms with Crippen LogP contribution in [0.5, 0.6) is 11.5 Å². The Bertz CT molecular complexity index is 655. The van der Waals surface area contributed by atoms with Gasteiger partial charge in [0.2, 0.25) is 0 Å². The molecule has 0 aromatic heterocycles. The molecule has 1 aliphatic rings. The first-order valence-corrected chi connectivity index (χ1v) is 7.87. The van der Waals surface area contributed by atoms with E-state index in [9.17, 15) is 4.39 Å². The second-order valence-electron chi connectivity index (χ2n) is 5.43. The molecule has 1 saturated carbocycles. The fourth-order valence-corrected chi connectivity index (χ4v) is 2.43. The molecular weight excluding hydrogens is 333 g/mol. The van der Waals surface area contributed by atoms with Gasteiger partial charge in [0.15, 0.2) is 11.6 Å². The number of hydrogen-bond donors (Lipinski definition) is 1. The van der Waals surface area contributed by atoms with E-state index in [0.717, 1.165) is 15.6 Å². The lowest BCUT2D eigenvalue weighted by molar-refractivity contribution is 0.438. The molecule has 0 atom stereocenters. The molecule has 0 radical (unpaired) electrons. The highest BCUT2D eigenvalue weighted by Crippen LogP contribution is 2.30. The maximum atomic E-state index is 14.1. The van der Waals surface area contributed by atoms with Crippen LogP contribution in [-0.2, 0) is 6.54 Å². The second-order valence-corrected chi connectivity index (χ2v) is 6.35. The summed E-state index contributed by atoms with van der Waals surface area (Å²) in [5.74, 6) is 0.586. The van der Waals surface area contributed by atoms with Crippen molar-refractivity contribution in [3.05, 3.63) is 57.8 Å². The molecule has 21 heavy (non-hydrogen) atoms. The molecule has 0 spiro atoms. The van der Waals surface area contributed by atoms with Crippen molar-refractivity contribution >= 4 is 15.9 Å². The predicted octanol–water partition coefficient (Wildman–Crippen LogP) is 4.94. The monoisotopic (exact) mass is 349 g/mol. The fraction of sp³-hybridized carbons (Fsp3) is 0.294. The molecule has 110 valence electrons. The SMILES string of the molecule is Cc1ccc(Br)cc1Oc1ccc(CNC2CC2)cc1F. The summed E-state index contributed by atoms with van der Waals surface area (Å²) in [5.41, 5.74) is 1.91. The average molecular weight is 350 g/mol. The predicted molar refractivity (Wildman–Crippen MR) is 85.2 cm³/mol. The smallest absolute Gasteiger partial charge is 0.166 e. The van der Waals surface area contributed by atoms with Crippen LogP contribution < -0.4 is 10.1 Å². The van der Waals surface area contributed by atoms with Gasteiger partial charge in [0.25, 0.3) is 0 Å². The lowest BCUT2D eigenvalue weighted by atomic mass is 10.2. The molecule has 1 aliphatic carbocycles. The standard InChI is InChI=1S/C17H17BrFNO/c1-11-2-4-13(18)9-17(11)21-16-7-3-12(8-15(16)19)10-20-14-5-6-14/h2-4,7-9,14,20H,5-6,10H2,1H3. The number of nitrogens with one attached hydrogen (secondary N) is 1. The van der Waals surface area contributed by atoms with Gasteiger partial charge in [-0.3, -0.25) is 0 Å². The van der Waals surface area contributed by atoms with E-state index in [-0.39, 0.29) is 11.6 Å². The highest BCUT2D eigenvalue weighted by Gasteiger charge is 2.20. The van der Waals surface area contributed by atoms with E-state index in [2.05, 4.69) is 21.2 Å². The van der Waals surface area contributed by atoms with E-state index in [0.29, 0.717) is 18.3 Å². The van der Waals surface area contributed by atoms with Crippen LogP contribution in [0.4, 0.5) is 4.39 Å². The number of halogens is 2. The minimum absolute atomic E-state index is 0.256. The Balaban J connectivity index is 1.74. The maximum Gasteiger partial charge on any atom is 0.166 e. The van der Waals surface area contributed by atoms with E-state index in [1.165, 1.54) is 18.9 Å². The van der Waals surface area contributed by atoms with Gasteiger partial charge in [0.05, 0.1) is 0 Å². The van der Waals surface area contributed by atoms with Gasteiger partial charge in [-0.25, -0.2) is 4.39 Å². The Morgan fingerprint density at radius 1 is 1.19 bits per heavy atom. The average Bonchev–Trinajstić information content (AvgIpc) is 3.27. The van der Waals surface area contributed by atoms with Crippen LogP contribution in [0.2, 0.25) is 0 Å². The zero-order valence-corrected chi connectivity index (χ0v) is 13.4. The van der Waals surface area contributed by atoms with Crippen LogP contribution in [-0.4, -0.2) is 6.04 Å². The first-order valence-electron chi connectivity index (χ1n) is 7.07. The van der Waals surface area contributed by atoms with Crippen LogP contribution in [0.25, 0.3) is 0 Å². The molecule has 3 rings (SSSR count). The molecule has 0 amide bonds. The van der Waals surface area contributed by atoms with Crippen molar-refractivity contribution in [3.63, 3.8) is 0 Å². The van der Waals surface area contributed by atoms with Crippen molar-refractivity contribution in [1.82, 2.24) is 5.32 Å². The van der Waals surface area contributed by atoms with E-state index in [4.69, 9.17) is 4.74 Å². The lowest BCUT2D eigenvalue weighted by Crippen LogP contribution is -2.15. The highest BCUT2D eigenvalue weighted by atomic mass is 79.9. The summed E-state index contributed by atoms with van der Waals surface area (Å²) >= 11 is 3.40. The molecule has 1 N–H and O–H groups in total. The van der Waals surface area contributed by atoms with Crippen LogP contribution in [0.1, 0.15) is 24.0 Å². The molecular formula is C17H17BrFNO. The number of ether oxygens (including phenoxy) is 1. The molecule has 4 heteroatoms. The normalized spacial score (nSPS) is 14.2. The van der Waals surface area contributed by atoms with Crippen LogP contribution >= 0.6 is 15.9 Å². The molecule has 1 fully saturated rings. The fourth-order valence-electron chi connectivity index (χ4n) is 2.09. The zero-order valence-electron chi connectivity index (χ0n) is 11.8. The highest BCUT2D eigenvalue weighted by molar-refractivity contribution is 9.10. The van der Waals surface area contributed by atoms with Crippen molar-refractivity contribution < 1.29 is 9.13 Å². The van der Waals surface area contributed by atoms with Gasteiger partial charge in [0, 0.05) is 17.1 Å². The van der Waals surface area contributed by atoms with Crippen molar-refractivity contribution in [2.75, 3.05) is 0 Å². The third-order valence-electron chi connectivity index (χ3n) is 3.54. The van der Waals surface area contributed by atoms with E-state index >= 15 is 0 Å². The molecule has 0 saturated heterocycles. The summed E-state index contributed by atoms with van der Waals surface area (Å²) in [6.45, 7) is 2.64. The van der Waals surface area contributed by atoms with E-state index < -0.39 is 0 Å². The Hall–Kier alpha value is -1.39. The van der Waals surface area contributed by atoms with Crippen molar-refractivity contribution in [1.29, 1.82) is 0 Å². The van der Waals surface area contributed by atoms with E-state index in [1.807, 2.05) is 31.2 Å². The topological polar surface area (TPSA) is 21.3 Å². The lowest BCUT2D eigenvalue weighted by Gasteiger charge is -2.11. The van der Waals surface area contributed by atoms with Gasteiger partial charge < -0.3 is 10.1 Å². The maximum absolute atomic E-state index is 14.1. The molecule has 2 aromatic rings. The van der Waals surface area contributed by atoms with Crippen molar-refractivity contribution in [2.45, 2.75) is 32.4 Å². The summed E-state index contributed by atoms with van der Waals surface area (Å²) in [6, 6.07) is 11.5. The second kappa shape index (κ2) is 6.16. The number of aryl methyl sites for hydroxylation is 1. The van der Waals surface area contributed by atoms with Crippen LogP contribution in [0, 0.1) is 12.7 Å². The summed E-state index contributed by atoms with van der Waals surface area (Å²) < 4.78 is 20.7. The summed E-state index contributed by atoms with van der Waals surface area (Å²) in [5, 5.41) is 3.37. The first kappa shape index (κ1) is 14.5. The molecule has 2 nitrogen and oxygen atoms in total. The van der Waals surface area contributed by atoms with Gasteiger partial charge in [-0.1, -0.05) is 28.1 Å². The largest absolute Gasteiger partial charge is 0.454 e.